The molecule has 0 spiro atoms. The maximum Gasteiger partial charge on any atom is 0.295 e. The van der Waals surface area contributed by atoms with E-state index in [2.05, 4.69) is 18.8 Å². The van der Waals surface area contributed by atoms with Crippen LogP contribution in [-0.4, -0.2) is 37.8 Å². The molecule has 1 aliphatic heterocycles. The topological polar surface area (TPSA) is 75.4 Å². The molecule has 1 amide bonds. The molecule has 6 nitrogen and oxygen atoms in total. The lowest BCUT2D eigenvalue weighted by Crippen LogP contribution is -2.31. The average Bonchev–Trinajstić information content (AvgIpc) is 3.41. The van der Waals surface area contributed by atoms with Gasteiger partial charge in [0.05, 0.1) is 17.9 Å². The fraction of sp³-hybridized carbons (Fsp3) is 0.269. The van der Waals surface area contributed by atoms with Crippen molar-refractivity contribution in [1.29, 1.82) is 0 Å². The zero-order chi connectivity index (χ0) is 22.7. The number of aliphatic hydroxyl groups is 1. The Kier molecular flexibility index (Phi) is 6.21. The molecule has 1 aliphatic rings. The fourth-order valence-electron chi connectivity index (χ4n) is 4.11. The number of aliphatic hydroxyl groups excluding tert-OH is 1. The monoisotopic (exact) mass is 429 g/mol. The molecule has 0 saturated carbocycles. The molecule has 1 N–H and O–H groups in total. The maximum absolute atomic E-state index is 13.1. The van der Waals surface area contributed by atoms with Crippen molar-refractivity contribution in [1.82, 2.24) is 14.5 Å². The van der Waals surface area contributed by atoms with E-state index in [0.717, 1.165) is 5.56 Å². The van der Waals surface area contributed by atoms with E-state index >= 15 is 0 Å². The summed E-state index contributed by atoms with van der Waals surface area (Å²) in [5.41, 5.74) is 2.65. The van der Waals surface area contributed by atoms with Crippen molar-refractivity contribution in [3.8, 4) is 0 Å². The lowest BCUT2D eigenvalue weighted by molar-refractivity contribution is -0.139. The summed E-state index contributed by atoms with van der Waals surface area (Å²) >= 11 is 0. The maximum atomic E-state index is 13.1. The van der Waals surface area contributed by atoms with E-state index in [1.807, 2.05) is 41.1 Å². The number of rotatable bonds is 7. The van der Waals surface area contributed by atoms with Crippen molar-refractivity contribution in [2.45, 2.75) is 38.8 Å². The molecular formula is C26H27N3O3. The lowest BCUT2D eigenvalue weighted by Gasteiger charge is -2.25. The highest BCUT2D eigenvalue weighted by Gasteiger charge is 2.45. The Morgan fingerprint density at radius 3 is 2.38 bits per heavy atom. The van der Waals surface area contributed by atoms with Crippen LogP contribution in [0.5, 0.6) is 0 Å². The minimum Gasteiger partial charge on any atom is -0.507 e. The second kappa shape index (κ2) is 9.22. The van der Waals surface area contributed by atoms with Gasteiger partial charge in [0.1, 0.15) is 5.76 Å². The van der Waals surface area contributed by atoms with Crippen LogP contribution < -0.4 is 0 Å². The second-order valence-electron chi connectivity index (χ2n) is 8.33. The quantitative estimate of drug-likeness (QED) is 0.340. The molecule has 0 aliphatic carbocycles. The predicted octanol–water partition coefficient (Wildman–Crippen LogP) is 4.52. The highest BCUT2D eigenvalue weighted by atomic mass is 16.3. The number of likely N-dealkylation sites (tertiary alicyclic amines) is 1. The standard InChI is InChI=1S/C26H27N3O3/c1-18(2)19-9-11-20(12-10-19)23-22(24(30)21-7-4-3-5-8-21)25(31)26(32)29(23)15-6-14-28-16-13-27-17-28/h3-5,7-13,16-18,23,30H,6,14-15H2,1-2H3/t23-/m0/s1. The van der Waals surface area contributed by atoms with Gasteiger partial charge < -0.3 is 14.6 Å². The molecule has 4 rings (SSSR count). The first kappa shape index (κ1) is 21.6. The number of nitrogens with zero attached hydrogens (tertiary/aromatic N) is 3. The highest BCUT2D eigenvalue weighted by Crippen LogP contribution is 2.39. The summed E-state index contributed by atoms with van der Waals surface area (Å²) in [6.07, 6.45) is 5.97. The van der Waals surface area contributed by atoms with Gasteiger partial charge in [-0.3, -0.25) is 9.59 Å². The summed E-state index contributed by atoms with van der Waals surface area (Å²) in [6.45, 7) is 5.31. The Bertz CT molecular complexity index is 1120. The van der Waals surface area contributed by atoms with E-state index in [1.165, 1.54) is 5.56 Å². The van der Waals surface area contributed by atoms with Gasteiger partial charge in [-0.05, 0) is 23.5 Å². The average molecular weight is 430 g/mol. The van der Waals surface area contributed by atoms with Gasteiger partial charge in [-0.25, -0.2) is 4.98 Å². The first-order chi connectivity index (χ1) is 15.5. The number of hydrogen-bond donors (Lipinski definition) is 1. The first-order valence-corrected chi connectivity index (χ1v) is 10.9. The van der Waals surface area contributed by atoms with Crippen LogP contribution in [0.25, 0.3) is 5.76 Å². The second-order valence-corrected chi connectivity index (χ2v) is 8.33. The number of carbonyl (C=O) groups is 2. The molecule has 3 aromatic rings. The molecule has 2 heterocycles. The van der Waals surface area contributed by atoms with E-state index in [4.69, 9.17) is 0 Å². The van der Waals surface area contributed by atoms with Crippen LogP contribution >= 0.6 is 0 Å². The lowest BCUT2D eigenvalue weighted by atomic mass is 9.93. The fourth-order valence-corrected chi connectivity index (χ4v) is 4.11. The first-order valence-electron chi connectivity index (χ1n) is 10.9. The van der Waals surface area contributed by atoms with Crippen LogP contribution in [0.3, 0.4) is 0 Å². The van der Waals surface area contributed by atoms with Crippen molar-refractivity contribution >= 4 is 17.4 Å². The third-order valence-electron chi connectivity index (χ3n) is 5.88. The van der Waals surface area contributed by atoms with Crippen molar-refractivity contribution in [2.75, 3.05) is 6.54 Å². The molecule has 1 fully saturated rings. The van der Waals surface area contributed by atoms with E-state index < -0.39 is 17.7 Å². The van der Waals surface area contributed by atoms with Crippen LogP contribution in [0.15, 0.2) is 78.9 Å². The van der Waals surface area contributed by atoms with Gasteiger partial charge in [0.25, 0.3) is 11.7 Å². The summed E-state index contributed by atoms with van der Waals surface area (Å²) < 4.78 is 1.94. The molecule has 0 radical (unpaired) electrons. The van der Waals surface area contributed by atoms with Crippen LogP contribution in [0.4, 0.5) is 0 Å². The van der Waals surface area contributed by atoms with Gasteiger partial charge in [-0.2, -0.15) is 0 Å². The largest absolute Gasteiger partial charge is 0.507 e. The van der Waals surface area contributed by atoms with E-state index in [-0.39, 0.29) is 11.3 Å². The smallest absolute Gasteiger partial charge is 0.295 e. The predicted molar refractivity (Wildman–Crippen MR) is 123 cm³/mol. The summed E-state index contributed by atoms with van der Waals surface area (Å²) in [5, 5.41) is 11.0. The molecular weight excluding hydrogens is 402 g/mol. The number of carbonyl (C=O) groups excluding carboxylic acids is 2. The molecule has 2 aromatic carbocycles. The number of hydrogen-bond acceptors (Lipinski definition) is 4. The third kappa shape index (κ3) is 4.21. The Morgan fingerprint density at radius 2 is 1.75 bits per heavy atom. The van der Waals surface area contributed by atoms with Crippen molar-refractivity contribution in [3.63, 3.8) is 0 Å². The van der Waals surface area contributed by atoms with Crippen LogP contribution in [0.1, 0.15) is 48.9 Å². The van der Waals surface area contributed by atoms with Gasteiger partial charge in [-0.1, -0.05) is 68.4 Å². The van der Waals surface area contributed by atoms with Crippen molar-refractivity contribution < 1.29 is 14.7 Å². The van der Waals surface area contributed by atoms with Crippen molar-refractivity contribution in [2.24, 2.45) is 0 Å². The normalized spacial score (nSPS) is 18.0. The molecule has 0 bridgehead atoms. The van der Waals surface area contributed by atoms with Crippen LogP contribution in [0, 0.1) is 0 Å². The third-order valence-corrected chi connectivity index (χ3v) is 5.88. The summed E-state index contributed by atoms with van der Waals surface area (Å²) in [7, 11) is 0. The number of imidazole rings is 1. The molecule has 6 heteroatoms. The minimum absolute atomic E-state index is 0.140. The van der Waals surface area contributed by atoms with Crippen LogP contribution in [-0.2, 0) is 16.1 Å². The summed E-state index contributed by atoms with van der Waals surface area (Å²) in [6, 6.07) is 16.2. The Labute approximate surface area is 187 Å². The number of aromatic nitrogens is 2. The highest BCUT2D eigenvalue weighted by molar-refractivity contribution is 6.46. The van der Waals surface area contributed by atoms with E-state index in [1.54, 1.807) is 41.7 Å². The molecule has 1 aromatic heterocycles. The zero-order valence-corrected chi connectivity index (χ0v) is 18.3. The van der Waals surface area contributed by atoms with E-state index in [0.29, 0.717) is 31.0 Å². The molecule has 0 unspecified atom stereocenters. The number of ketones is 1. The number of aryl methyl sites for hydroxylation is 1. The molecule has 1 saturated heterocycles. The Balaban J connectivity index is 1.72. The summed E-state index contributed by atoms with van der Waals surface area (Å²) in [5.74, 6) is -0.994. The zero-order valence-electron chi connectivity index (χ0n) is 18.3. The van der Waals surface area contributed by atoms with Gasteiger partial charge in [0.15, 0.2) is 0 Å². The number of benzene rings is 2. The Hall–Kier alpha value is -3.67. The number of Topliss-reactive ketones (excluding diaryl/α,β-unsaturated/α-hetero) is 1. The van der Waals surface area contributed by atoms with Gasteiger partial charge >= 0.3 is 0 Å². The molecule has 1 atom stereocenters. The summed E-state index contributed by atoms with van der Waals surface area (Å²) in [4.78, 5) is 31.7. The molecule has 164 valence electrons. The van der Waals surface area contributed by atoms with Crippen molar-refractivity contribution in [3.05, 3.63) is 95.6 Å². The number of amides is 1. The van der Waals surface area contributed by atoms with Crippen LogP contribution in [0.2, 0.25) is 0 Å². The molecule has 32 heavy (non-hydrogen) atoms. The minimum atomic E-state index is -0.646. The van der Waals surface area contributed by atoms with Gasteiger partial charge in [-0.15, -0.1) is 0 Å². The SMILES string of the molecule is CC(C)c1ccc([C@H]2C(=C(O)c3ccccc3)C(=O)C(=O)N2CCCn2ccnc2)cc1. The Morgan fingerprint density at radius 1 is 1.03 bits per heavy atom. The van der Waals surface area contributed by atoms with E-state index in [9.17, 15) is 14.7 Å². The van der Waals surface area contributed by atoms with Gasteiger partial charge in [0.2, 0.25) is 0 Å². The van der Waals surface area contributed by atoms with Gasteiger partial charge in [0, 0.05) is 31.0 Å².